The van der Waals surface area contributed by atoms with E-state index in [1.165, 1.54) is 40.5 Å². The van der Waals surface area contributed by atoms with E-state index in [-0.39, 0.29) is 5.41 Å². The van der Waals surface area contributed by atoms with E-state index in [1.807, 2.05) is 0 Å². The molecule has 0 aliphatic carbocycles. The smallest absolute Gasteiger partial charge is 0.274 e. The van der Waals surface area contributed by atoms with Crippen molar-refractivity contribution in [2.45, 2.75) is 66.7 Å². The van der Waals surface area contributed by atoms with Crippen LogP contribution in [0.5, 0.6) is 0 Å². The molecule has 186 valence electrons. The Morgan fingerprint density at radius 3 is 2.49 bits per heavy atom. The highest BCUT2D eigenvalue weighted by Gasteiger charge is 2.46. The second-order valence-corrected chi connectivity index (χ2v) is 10.8. The maximum atomic E-state index is 3.76. The monoisotopic (exact) mass is 470 g/mol. The van der Waals surface area contributed by atoms with Gasteiger partial charge in [0.25, 0.3) is 5.82 Å². The Hall–Kier alpha value is -2.81. The molecule has 2 heterocycles. The fourth-order valence-electron chi connectivity index (χ4n) is 5.83. The third-order valence-electron chi connectivity index (χ3n) is 7.93. The molecular formula is C32H44N3+. The molecule has 2 aliphatic heterocycles. The van der Waals surface area contributed by atoms with Crippen molar-refractivity contribution in [1.29, 1.82) is 0 Å². The third-order valence-corrected chi connectivity index (χ3v) is 7.93. The molecule has 3 nitrogen and oxygen atoms in total. The summed E-state index contributed by atoms with van der Waals surface area (Å²) in [7, 11) is 2.25. The molecule has 35 heavy (non-hydrogen) atoms. The van der Waals surface area contributed by atoms with E-state index < -0.39 is 0 Å². The normalized spacial score (nSPS) is 19.6. The SMILES string of the molecule is CCC(=CC1=[N+](CC)C2=C(CC(C)CN2)C1(C)C)N(C)c1ccccc1CCCc1ccccc1. The molecule has 0 radical (unpaired) electrons. The Morgan fingerprint density at radius 1 is 1.06 bits per heavy atom. The summed E-state index contributed by atoms with van der Waals surface area (Å²) < 4.78 is 2.52. The maximum Gasteiger partial charge on any atom is 0.274 e. The van der Waals surface area contributed by atoms with Crippen LogP contribution >= 0.6 is 0 Å². The summed E-state index contributed by atoms with van der Waals surface area (Å²) in [6.45, 7) is 13.8. The van der Waals surface area contributed by atoms with Crippen LogP contribution in [0.3, 0.4) is 0 Å². The summed E-state index contributed by atoms with van der Waals surface area (Å²) in [6, 6.07) is 19.8. The Balaban J connectivity index is 1.59. The summed E-state index contributed by atoms with van der Waals surface area (Å²) in [5.74, 6) is 2.05. The first-order chi connectivity index (χ1) is 16.9. The minimum Gasteiger partial charge on any atom is -0.348 e. The molecule has 2 aromatic carbocycles. The van der Waals surface area contributed by atoms with Gasteiger partial charge in [0, 0.05) is 30.1 Å². The number of hydrogen-bond acceptors (Lipinski definition) is 2. The second kappa shape index (κ2) is 10.8. The van der Waals surface area contributed by atoms with Crippen LogP contribution in [0.1, 0.15) is 65.0 Å². The second-order valence-electron chi connectivity index (χ2n) is 10.8. The van der Waals surface area contributed by atoms with Crippen molar-refractivity contribution in [2.75, 3.05) is 25.0 Å². The molecule has 0 saturated heterocycles. The summed E-state index contributed by atoms with van der Waals surface area (Å²) in [5, 5.41) is 3.76. The highest BCUT2D eigenvalue weighted by molar-refractivity contribution is 6.00. The molecule has 0 spiro atoms. The van der Waals surface area contributed by atoms with E-state index in [9.17, 15) is 0 Å². The summed E-state index contributed by atoms with van der Waals surface area (Å²) >= 11 is 0. The lowest BCUT2D eigenvalue weighted by atomic mass is 9.76. The van der Waals surface area contributed by atoms with Gasteiger partial charge in [-0.3, -0.25) is 5.32 Å². The minimum atomic E-state index is 0.0451. The highest BCUT2D eigenvalue weighted by atomic mass is 15.2. The van der Waals surface area contributed by atoms with E-state index >= 15 is 0 Å². The maximum absolute atomic E-state index is 3.76. The van der Waals surface area contributed by atoms with Crippen LogP contribution in [0.15, 0.2) is 77.8 Å². The number of anilines is 1. The van der Waals surface area contributed by atoms with Gasteiger partial charge in [-0.2, -0.15) is 0 Å². The van der Waals surface area contributed by atoms with Gasteiger partial charge in [0.2, 0.25) is 0 Å². The molecule has 0 saturated carbocycles. The van der Waals surface area contributed by atoms with Crippen LogP contribution in [0, 0.1) is 11.3 Å². The lowest BCUT2D eigenvalue weighted by molar-refractivity contribution is -0.477. The fraction of sp³-hybridized carbons (Fsp3) is 0.469. The van der Waals surface area contributed by atoms with Gasteiger partial charge in [0.05, 0.1) is 18.5 Å². The van der Waals surface area contributed by atoms with E-state index in [1.54, 1.807) is 5.57 Å². The van der Waals surface area contributed by atoms with Crippen molar-refractivity contribution in [2.24, 2.45) is 11.3 Å². The first-order valence-corrected chi connectivity index (χ1v) is 13.5. The zero-order chi connectivity index (χ0) is 25.0. The van der Waals surface area contributed by atoms with Crippen LogP contribution < -0.4 is 10.2 Å². The van der Waals surface area contributed by atoms with Crippen LogP contribution in [0.2, 0.25) is 0 Å². The fourth-order valence-corrected chi connectivity index (χ4v) is 5.83. The lowest BCUT2D eigenvalue weighted by Gasteiger charge is -2.28. The van der Waals surface area contributed by atoms with Crippen molar-refractivity contribution in [1.82, 2.24) is 5.32 Å². The molecule has 0 bridgehead atoms. The number of aryl methyl sites for hydroxylation is 2. The van der Waals surface area contributed by atoms with Gasteiger partial charge in [-0.25, -0.2) is 4.58 Å². The van der Waals surface area contributed by atoms with E-state index in [0.29, 0.717) is 5.92 Å². The van der Waals surface area contributed by atoms with E-state index in [2.05, 4.69) is 117 Å². The zero-order valence-corrected chi connectivity index (χ0v) is 22.7. The van der Waals surface area contributed by atoms with Gasteiger partial charge in [-0.1, -0.05) is 62.4 Å². The van der Waals surface area contributed by atoms with Crippen LogP contribution in [-0.2, 0) is 12.8 Å². The number of para-hydroxylation sites is 1. The van der Waals surface area contributed by atoms with Gasteiger partial charge in [-0.15, -0.1) is 0 Å². The molecule has 2 aromatic rings. The largest absolute Gasteiger partial charge is 0.348 e. The average Bonchev–Trinajstić information content (AvgIpc) is 3.08. The van der Waals surface area contributed by atoms with Crippen LogP contribution in [0.4, 0.5) is 5.69 Å². The van der Waals surface area contributed by atoms with Crippen molar-refractivity contribution in [3.05, 3.63) is 88.9 Å². The number of nitrogens with zero attached hydrogens (tertiary/aromatic N) is 2. The number of hydrogen-bond donors (Lipinski definition) is 1. The van der Waals surface area contributed by atoms with Gasteiger partial charge in [0.1, 0.15) is 5.71 Å². The van der Waals surface area contributed by atoms with Crippen molar-refractivity contribution < 1.29 is 4.58 Å². The molecule has 1 N–H and O–H groups in total. The molecule has 0 amide bonds. The summed E-state index contributed by atoms with van der Waals surface area (Å²) in [5.41, 5.74) is 8.60. The quantitative estimate of drug-likeness (QED) is 0.400. The summed E-state index contributed by atoms with van der Waals surface area (Å²) in [4.78, 5) is 2.43. The van der Waals surface area contributed by atoms with Gasteiger partial charge in [0.15, 0.2) is 0 Å². The first-order valence-electron chi connectivity index (χ1n) is 13.5. The Bertz CT molecular complexity index is 1120. The van der Waals surface area contributed by atoms with E-state index in [0.717, 1.165) is 38.8 Å². The highest BCUT2D eigenvalue weighted by Crippen LogP contribution is 2.42. The van der Waals surface area contributed by atoms with Gasteiger partial charge in [-0.05, 0) is 76.0 Å². The molecule has 4 rings (SSSR count). The molecule has 0 aromatic heterocycles. The topological polar surface area (TPSA) is 18.3 Å². The number of rotatable bonds is 9. The first kappa shape index (κ1) is 25.3. The third kappa shape index (κ3) is 5.24. The van der Waals surface area contributed by atoms with Crippen molar-refractivity contribution >= 4 is 11.4 Å². The summed E-state index contributed by atoms with van der Waals surface area (Å²) in [6.07, 6.45) is 8.04. The predicted molar refractivity (Wildman–Crippen MR) is 150 cm³/mol. The van der Waals surface area contributed by atoms with Crippen molar-refractivity contribution in [3.63, 3.8) is 0 Å². The zero-order valence-electron chi connectivity index (χ0n) is 22.7. The molecule has 0 fully saturated rings. The van der Waals surface area contributed by atoms with Crippen molar-refractivity contribution in [3.8, 4) is 0 Å². The average molecular weight is 471 g/mol. The lowest BCUT2D eigenvalue weighted by Crippen LogP contribution is -2.32. The van der Waals surface area contributed by atoms with Gasteiger partial charge >= 0.3 is 0 Å². The minimum absolute atomic E-state index is 0.0451. The predicted octanol–water partition coefficient (Wildman–Crippen LogP) is 6.95. The standard InChI is InChI=1S/C32H44N3/c1-7-27(22-30-32(4,5)28-21-24(3)23-33-31(28)35(30)8-2)34(6)29-20-13-12-18-26(29)19-14-17-25-15-10-9-11-16-25/h9-13,15-16,18,20,22,24,33H,7-8,14,17,19,21,23H2,1-6H3/q+1. The molecule has 2 aliphatic rings. The number of benzene rings is 2. The Morgan fingerprint density at radius 2 is 1.77 bits per heavy atom. The van der Waals surface area contributed by atoms with Crippen LogP contribution in [-0.4, -0.2) is 30.4 Å². The molecule has 1 atom stereocenters. The molecule has 1 unspecified atom stereocenters. The number of nitrogens with one attached hydrogen (secondary N) is 1. The Kier molecular flexibility index (Phi) is 7.84. The van der Waals surface area contributed by atoms with Gasteiger partial charge < -0.3 is 4.90 Å². The Labute approximate surface area is 213 Å². The molecular weight excluding hydrogens is 426 g/mol. The number of allylic oxidation sites excluding steroid dienone is 3. The van der Waals surface area contributed by atoms with E-state index in [4.69, 9.17) is 0 Å². The molecule has 3 heteroatoms. The van der Waals surface area contributed by atoms with Crippen LogP contribution in [0.25, 0.3) is 0 Å².